The molecular weight excluding hydrogens is 436 g/mol. The monoisotopic (exact) mass is 452 g/mol. The zero-order chi connectivity index (χ0) is 17.9. The van der Waals surface area contributed by atoms with Gasteiger partial charge in [-0.3, -0.25) is 4.79 Å². The smallest absolute Gasteiger partial charge is 0.171 e. The van der Waals surface area contributed by atoms with E-state index < -0.39 is 0 Å². The van der Waals surface area contributed by atoms with Crippen LogP contribution in [0.5, 0.6) is 11.5 Å². The lowest BCUT2D eigenvalue weighted by molar-refractivity contribution is -0.113. The molecule has 0 unspecified atom stereocenters. The Kier molecular flexibility index (Phi) is 6.24. The van der Waals surface area contributed by atoms with Crippen molar-refractivity contribution in [2.45, 2.75) is 26.7 Å². The Bertz CT molecular complexity index is 787. The van der Waals surface area contributed by atoms with Gasteiger partial charge in [0.25, 0.3) is 0 Å². The highest BCUT2D eigenvalue weighted by Crippen LogP contribution is 2.36. The molecule has 2 N–H and O–H groups in total. The Morgan fingerprint density at radius 1 is 1.17 bits per heavy atom. The van der Waals surface area contributed by atoms with Gasteiger partial charge >= 0.3 is 0 Å². The van der Waals surface area contributed by atoms with Crippen molar-refractivity contribution in [1.82, 2.24) is 0 Å². The molecule has 0 atom stereocenters. The molecule has 0 bridgehead atoms. The molecule has 0 saturated heterocycles. The largest absolute Gasteiger partial charge is 0.504 e. The molecule has 0 fully saturated rings. The maximum Gasteiger partial charge on any atom is 0.171 e. The van der Waals surface area contributed by atoms with E-state index in [9.17, 15) is 15.0 Å². The van der Waals surface area contributed by atoms with Crippen molar-refractivity contribution >= 4 is 49.3 Å². The normalized spacial score (nSPS) is 11.6. The Morgan fingerprint density at radius 2 is 1.88 bits per heavy atom. The number of Topliss-reactive ketones (excluding diaryl/α,β-unsaturated/α-hetero) is 1. The molecule has 0 aliphatic rings. The quantitative estimate of drug-likeness (QED) is 0.339. The first-order valence-corrected chi connectivity index (χ1v) is 9.15. The maximum absolute atomic E-state index is 12.6. The van der Waals surface area contributed by atoms with Crippen molar-refractivity contribution in [2.75, 3.05) is 0 Å². The maximum atomic E-state index is 12.6. The summed E-state index contributed by atoms with van der Waals surface area (Å²) in [4.78, 5) is 12.6. The third-order valence-corrected chi connectivity index (χ3v) is 4.74. The molecule has 0 amide bonds. The Morgan fingerprint density at radius 3 is 2.50 bits per heavy atom. The van der Waals surface area contributed by atoms with Crippen molar-refractivity contribution in [3.63, 3.8) is 0 Å². The van der Waals surface area contributed by atoms with Gasteiger partial charge in [-0.15, -0.1) is 0 Å². The van der Waals surface area contributed by atoms with Crippen LogP contribution in [0.4, 0.5) is 0 Å². The zero-order valence-corrected chi connectivity index (χ0v) is 16.6. The van der Waals surface area contributed by atoms with E-state index in [0.29, 0.717) is 22.0 Å². The average molecular weight is 454 g/mol. The first kappa shape index (κ1) is 18.7. The molecule has 2 rings (SSSR count). The van der Waals surface area contributed by atoms with Crippen LogP contribution in [0.1, 0.15) is 36.5 Å². The molecular formula is C19H18Br2O3. The number of carbonyl (C=O) groups is 1. The second kappa shape index (κ2) is 7.99. The van der Waals surface area contributed by atoms with Gasteiger partial charge < -0.3 is 10.2 Å². The zero-order valence-electron chi connectivity index (χ0n) is 13.4. The van der Waals surface area contributed by atoms with E-state index in [1.807, 2.05) is 32.0 Å². The first-order valence-electron chi connectivity index (χ1n) is 7.56. The van der Waals surface area contributed by atoms with Gasteiger partial charge in [0.15, 0.2) is 17.3 Å². The lowest BCUT2D eigenvalue weighted by Crippen LogP contribution is -2.03. The average Bonchev–Trinajstić information content (AvgIpc) is 2.53. The number of halogens is 2. The molecule has 0 heterocycles. The Hall–Kier alpha value is -1.59. The second-order valence-corrected chi connectivity index (χ2v) is 7.33. The van der Waals surface area contributed by atoms with Crippen LogP contribution in [0.25, 0.3) is 11.6 Å². The number of phenolic OH excluding ortho intramolecular Hbond substituents is 2. The fourth-order valence-electron chi connectivity index (χ4n) is 2.41. The van der Waals surface area contributed by atoms with Crippen LogP contribution in [0.3, 0.4) is 0 Å². The van der Waals surface area contributed by atoms with E-state index in [-0.39, 0.29) is 17.3 Å². The van der Waals surface area contributed by atoms with Crippen LogP contribution in [-0.2, 0) is 4.79 Å². The van der Waals surface area contributed by atoms with Crippen LogP contribution in [-0.4, -0.2) is 16.0 Å². The molecule has 2 aromatic carbocycles. The van der Waals surface area contributed by atoms with E-state index in [1.165, 1.54) is 6.07 Å². The minimum atomic E-state index is -0.233. The summed E-state index contributed by atoms with van der Waals surface area (Å²) in [5, 5.41) is 19.5. The highest BCUT2D eigenvalue weighted by atomic mass is 79.9. The summed E-state index contributed by atoms with van der Waals surface area (Å²) in [7, 11) is 0. The SMILES string of the molecule is CCCC(=O)/C(=C\c1cc(O)c(O)c(Br)c1)c1cc(Br)ccc1C. The summed E-state index contributed by atoms with van der Waals surface area (Å²) >= 11 is 6.66. The van der Waals surface area contributed by atoms with Crippen LogP contribution in [0, 0.1) is 6.92 Å². The summed E-state index contributed by atoms with van der Waals surface area (Å²) in [6.07, 6.45) is 2.95. The summed E-state index contributed by atoms with van der Waals surface area (Å²) in [6, 6.07) is 8.92. The molecule has 0 saturated carbocycles. The van der Waals surface area contributed by atoms with Crippen molar-refractivity contribution < 1.29 is 15.0 Å². The second-order valence-electron chi connectivity index (χ2n) is 5.56. The standard InChI is InChI=1S/C19H18Br2O3/c1-3-4-17(22)15(14-10-13(20)6-5-11(14)2)7-12-8-16(21)19(24)18(23)9-12/h5-10,23-24H,3-4H2,1-2H3/b15-7-. The van der Waals surface area contributed by atoms with Crippen molar-refractivity contribution in [2.24, 2.45) is 0 Å². The molecule has 0 aliphatic carbocycles. The summed E-state index contributed by atoms with van der Waals surface area (Å²) in [5.74, 6) is -0.404. The molecule has 2 aromatic rings. The first-order chi connectivity index (χ1) is 11.3. The molecule has 5 heteroatoms. The molecule has 0 aliphatic heterocycles. The predicted molar refractivity (Wildman–Crippen MR) is 104 cm³/mol. The van der Waals surface area contributed by atoms with Gasteiger partial charge in [0.2, 0.25) is 0 Å². The number of aromatic hydroxyl groups is 2. The van der Waals surface area contributed by atoms with Gasteiger partial charge in [0, 0.05) is 16.5 Å². The van der Waals surface area contributed by atoms with Crippen molar-refractivity contribution in [1.29, 1.82) is 0 Å². The van der Waals surface area contributed by atoms with Crippen molar-refractivity contribution in [3.05, 3.63) is 56.0 Å². The minimum absolute atomic E-state index is 0.0439. The van der Waals surface area contributed by atoms with E-state index >= 15 is 0 Å². The number of benzene rings is 2. The number of allylic oxidation sites excluding steroid dienone is 1. The Labute approximate surface area is 158 Å². The minimum Gasteiger partial charge on any atom is -0.504 e. The molecule has 3 nitrogen and oxygen atoms in total. The third-order valence-electron chi connectivity index (χ3n) is 3.64. The predicted octanol–water partition coefficient (Wildman–Crippen LogP) is 5.84. The lowest BCUT2D eigenvalue weighted by Gasteiger charge is -2.11. The number of phenols is 2. The van der Waals surface area contributed by atoms with Gasteiger partial charge in [-0.1, -0.05) is 28.9 Å². The third kappa shape index (κ3) is 4.28. The number of aryl methyl sites for hydroxylation is 1. The van der Waals surface area contributed by atoms with Crippen LogP contribution < -0.4 is 0 Å². The van der Waals surface area contributed by atoms with Crippen LogP contribution in [0.15, 0.2) is 39.3 Å². The summed E-state index contributed by atoms with van der Waals surface area (Å²) in [5.41, 5.74) is 3.08. The molecule has 0 spiro atoms. The topological polar surface area (TPSA) is 57.5 Å². The summed E-state index contributed by atoms with van der Waals surface area (Å²) in [6.45, 7) is 3.92. The number of carbonyl (C=O) groups excluding carboxylic acids is 1. The molecule has 24 heavy (non-hydrogen) atoms. The van der Waals surface area contributed by atoms with Gasteiger partial charge in [0.05, 0.1) is 4.47 Å². The van der Waals surface area contributed by atoms with E-state index in [1.54, 1.807) is 12.1 Å². The molecule has 0 aromatic heterocycles. The van der Waals surface area contributed by atoms with Crippen LogP contribution in [0.2, 0.25) is 0 Å². The number of hydrogen-bond donors (Lipinski definition) is 2. The van der Waals surface area contributed by atoms with Crippen molar-refractivity contribution in [3.8, 4) is 11.5 Å². The van der Waals surface area contributed by atoms with Gasteiger partial charge in [-0.25, -0.2) is 0 Å². The lowest BCUT2D eigenvalue weighted by atomic mass is 9.93. The van der Waals surface area contributed by atoms with Gasteiger partial charge in [-0.2, -0.15) is 0 Å². The fraction of sp³-hybridized carbons (Fsp3) is 0.211. The van der Waals surface area contributed by atoms with Crippen LogP contribution >= 0.6 is 31.9 Å². The van der Waals surface area contributed by atoms with E-state index in [0.717, 1.165) is 22.0 Å². The van der Waals surface area contributed by atoms with E-state index in [4.69, 9.17) is 0 Å². The van der Waals surface area contributed by atoms with Gasteiger partial charge in [0.1, 0.15) is 0 Å². The highest BCUT2D eigenvalue weighted by Gasteiger charge is 2.15. The summed E-state index contributed by atoms with van der Waals surface area (Å²) < 4.78 is 1.27. The Balaban J connectivity index is 2.62. The number of ketones is 1. The molecule has 0 radical (unpaired) electrons. The number of rotatable bonds is 5. The van der Waals surface area contributed by atoms with E-state index in [2.05, 4.69) is 31.9 Å². The highest BCUT2D eigenvalue weighted by molar-refractivity contribution is 9.10. The van der Waals surface area contributed by atoms with Gasteiger partial charge in [-0.05, 0) is 76.3 Å². The number of hydrogen-bond acceptors (Lipinski definition) is 3. The fourth-order valence-corrected chi connectivity index (χ4v) is 3.24. The molecule has 126 valence electrons.